The Morgan fingerprint density at radius 1 is 1.12 bits per heavy atom. The number of nitrogens with two attached hydrogens (primary N) is 1. The molecule has 200 valence electrons. The molecule has 1 saturated heterocycles. The lowest BCUT2D eigenvalue weighted by molar-refractivity contribution is -0.129. The minimum Gasteiger partial charge on any atom is -0.382 e. The van der Waals surface area contributed by atoms with Crippen LogP contribution in [-0.2, 0) is 4.79 Å². The predicted octanol–water partition coefficient (Wildman–Crippen LogP) is 3.53. The first-order valence-corrected chi connectivity index (χ1v) is 12.9. The standard InChI is InChI=1S/C26H21ClFN11O/c27-17-2-4-19(38-13-32-35-36-38)24(25(17)28)15-9-16-1-3-20(39(16)23(40)11-15)26-31-12-18(33-26)14-5-7-30-22(10-14)37-8-6-21(29)34-37/h2,4-8,10-13,16,20H,1,3,9H2,(H2,29,34)(H,31,33)/t16-,20-/m1/s1. The number of nitrogen functional groups attached to an aromatic ring is 1. The van der Waals surface area contributed by atoms with Crippen LogP contribution in [-0.4, -0.2) is 61.8 Å². The van der Waals surface area contributed by atoms with Gasteiger partial charge in [-0.15, -0.1) is 10.2 Å². The van der Waals surface area contributed by atoms with Crippen LogP contribution in [0.4, 0.5) is 10.2 Å². The zero-order valence-corrected chi connectivity index (χ0v) is 21.6. The monoisotopic (exact) mass is 557 g/mol. The average molecular weight is 558 g/mol. The van der Waals surface area contributed by atoms with Crippen molar-refractivity contribution in [3.8, 4) is 22.8 Å². The van der Waals surface area contributed by atoms with Gasteiger partial charge in [0.1, 0.15) is 18.0 Å². The molecule has 14 heteroatoms. The highest BCUT2D eigenvalue weighted by Crippen LogP contribution is 2.44. The summed E-state index contributed by atoms with van der Waals surface area (Å²) in [6.45, 7) is 0. The van der Waals surface area contributed by atoms with Crippen LogP contribution in [0, 0.1) is 5.82 Å². The van der Waals surface area contributed by atoms with Gasteiger partial charge in [0, 0.05) is 41.7 Å². The fraction of sp³-hybridized carbons (Fsp3) is 0.192. The molecule has 0 unspecified atom stereocenters. The number of carbonyl (C=O) groups is 1. The van der Waals surface area contributed by atoms with E-state index < -0.39 is 5.82 Å². The summed E-state index contributed by atoms with van der Waals surface area (Å²) in [4.78, 5) is 27.7. The zero-order valence-electron chi connectivity index (χ0n) is 20.8. The molecule has 5 aromatic rings. The summed E-state index contributed by atoms with van der Waals surface area (Å²) >= 11 is 6.13. The van der Waals surface area contributed by atoms with Crippen LogP contribution in [0.3, 0.4) is 0 Å². The predicted molar refractivity (Wildman–Crippen MR) is 143 cm³/mol. The van der Waals surface area contributed by atoms with Gasteiger partial charge in [-0.05, 0) is 59.5 Å². The Morgan fingerprint density at radius 2 is 2.02 bits per heavy atom. The zero-order chi connectivity index (χ0) is 27.4. The van der Waals surface area contributed by atoms with Gasteiger partial charge >= 0.3 is 0 Å². The number of fused-ring (bicyclic) bond motifs is 1. The van der Waals surface area contributed by atoms with Crippen molar-refractivity contribution in [2.75, 3.05) is 5.73 Å². The Balaban J connectivity index is 1.18. The van der Waals surface area contributed by atoms with E-state index in [1.165, 1.54) is 23.2 Å². The summed E-state index contributed by atoms with van der Waals surface area (Å²) in [5.74, 6) is 0.884. The van der Waals surface area contributed by atoms with Gasteiger partial charge in [-0.1, -0.05) is 11.6 Å². The van der Waals surface area contributed by atoms with Gasteiger partial charge in [0.25, 0.3) is 0 Å². The van der Waals surface area contributed by atoms with Crippen molar-refractivity contribution >= 4 is 28.9 Å². The van der Waals surface area contributed by atoms with Crippen LogP contribution in [0.25, 0.3) is 28.3 Å². The van der Waals surface area contributed by atoms with Gasteiger partial charge in [-0.3, -0.25) is 4.79 Å². The summed E-state index contributed by atoms with van der Waals surface area (Å²) in [6, 6.07) is 8.18. The summed E-state index contributed by atoms with van der Waals surface area (Å²) in [5.41, 5.74) is 8.59. The van der Waals surface area contributed by atoms with Crippen molar-refractivity contribution in [3.05, 3.63) is 83.6 Å². The molecular formula is C26H21ClFN11O. The summed E-state index contributed by atoms with van der Waals surface area (Å²) in [6.07, 6.45) is 9.95. The third kappa shape index (κ3) is 4.02. The number of aromatic nitrogens is 9. The lowest BCUT2D eigenvalue weighted by Crippen LogP contribution is -2.39. The molecule has 0 spiro atoms. The highest BCUT2D eigenvalue weighted by atomic mass is 35.5. The lowest BCUT2D eigenvalue weighted by atomic mass is 9.92. The molecule has 0 saturated carbocycles. The van der Waals surface area contributed by atoms with E-state index in [0.29, 0.717) is 35.1 Å². The van der Waals surface area contributed by atoms with Crippen molar-refractivity contribution < 1.29 is 9.18 Å². The fourth-order valence-electron chi connectivity index (χ4n) is 5.53. The van der Waals surface area contributed by atoms with E-state index in [2.05, 4.69) is 35.6 Å². The van der Waals surface area contributed by atoms with E-state index in [1.54, 1.807) is 35.4 Å². The number of halogens is 2. The molecule has 7 rings (SSSR count). The molecule has 40 heavy (non-hydrogen) atoms. The number of carbonyl (C=O) groups excluding carboxylic acids is 1. The van der Waals surface area contributed by atoms with Gasteiger partial charge < -0.3 is 15.6 Å². The van der Waals surface area contributed by atoms with Crippen molar-refractivity contribution in [3.63, 3.8) is 0 Å². The second kappa shape index (κ2) is 9.38. The van der Waals surface area contributed by atoms with Crippen LogP contribution in [0.1, 0.15) is 36.7 Å². The second-order valence-corrected chi connectivity index (χ2v) is 10.1. The number of H-pyrrole nitrogens is 1. The van der Waals surface area contributed by atoms with E-state index in [9.17, 15) is 4.79 Å². The SMILES string of the molecule is Nc1ccn(-c2cc(-c3cnc([C@H]4CC[C@@H]5CC(c6c(-n7cnnn7)ccc(Cl)c6F)=CC(=O)N54)[nH]3)ccn2)n1. The van der Waals surface area contributed by atoms with E-state index in [0.717, 1.165) is 24.1 Å². The second-order valence-electron chi connectivity index (χ2n) is 9.65. The molecule has 6 heterocycles. The minimum atomic E-state index is -0.609. The number of nitrogens with one attached hydrogen (secondary N) is 1. The Bertz CT molecular complexity index is 1780. The van der Waals surface area contributed by atoms with Gasteiger partial charge in [-0.25, -0.2) is 19.0 Å². The third-order valence-electron chi connectivity index (χ3n) is 7.31. The molecule has 1 amide bonds. The first-order valence-electron chi connectivity index (χ1n) is 12.5. The number of anilines is 1. The number of tetrazole rings is 1. The van der Waals surface area contributed by atoms with Crippen LogP contribution in [0.2, 0.25) is 5.02 Å². The Kier molecular flexibility index (Phi) is 5.66. The van der Waals surface area contributed by atoms with Gasteiger partial charge in [0.15, 0.2) is 11.6 Å². The van der Waals surface area contributed by atoms with Gasteiger partial charge in [0.05, 0.1) is 28.6 Å². The molecule has 4 aromatic heterocycles. The topological polar surface area (TPSA) is 149 Å². The van der Waals surface area contributed by atoms with Crippen molar-refractivity contribution in [1.82, 2.24) is 49.8 Å². The normalized spacial score (nSPS) is 18.7. The molecule has 0 bridgehead atoms. The number of hydrogen-bond donors (Lipinski definition) is 2. The number of benzene rings is 1. The van der Waals surface area contributed by atoms with E-state index >= 15 is 4.39 Å². The molecule has 2 atom stereocenters. The Hall–Kier alpha value is -4.91. The van der Waals surface area contributed by atoms with Crippen molar-refractivity contribution in [2.24, 2.45) is 0 Å². The number of pyridine rings is 1. The first kappa shape index (κ1) is 24.2. The number of rotatable bonds is 5. The average Bonchev–Trinajstić information content (AvgIpc) is 3.77. The molecule has 3 N–H and O–H groups in total. The maximum Gasteiger partial charge on any atom is 0.247 e. The van der Waals surface area contributed by atoms with Crippen LogP contribution >= 0.6 is 11.6 Å². The highest BCUT2D eigenvalue weighted by Gasteiger charge is 2.42. The minimum absolute atomic E-state index is 0.0367. The van der Waals surface area contributed by atoms with E-state index in [4.69, 9.17) is 17.3 Å². The summed E-state index contributed by atoms with van der Waals surface area (Å²) in [5, 5.41) is 15.4. The molecule has 0 aliphatic carbocycles. The Morgan fingerprint density at radius 3 is 2.83 bits per heavy atom. The number of aromatic amines is 1. The molecule has 2 aliphatic heterocycles. The molecule has 1 fully saturated rings. The smallest absolute Gasteiger partial charge is 0.247 e. The first-order chi connectivity index (χ1) is 19.5. The summed E-state index contributed by atoms with van der Waals surface area (Å²) in [7, 11) is 0. The van der Waals surface area contributed by atoms with Crippen LogP contribution in [0.15, 0.2) is 61.3 Å². The van der Waals surface area contributed by atoms with E-state index in [-0.39, 0.29) is 28.6 Å². The van der Waals surface area contributed by atoms with Gasteiger partial charge in [0.2, 0.25) is 5.91 Å². The summed E-state index contributed by atoms with van der Waals surface area (Å²) < 4.78 is 18.3. The van der Waals surface area contributed by atoms with Crippen LogP contribution < -0.4 is 5.73 Å². The molecule has 2 aliphatic rings. The largest absolute Gasteiger partial charge is 0.382 e. The maximum atomic E-state index is 15.3. The van der Waals surface area contributed by atoms with Gasteiger partial charge in [-0.2, -0.15) is 4.68 Å². The lowest BCUT2D eigenvalue weighted by Gasteiger charge is -2.33. The maximum absolute atomic E-state index is 15.3. The van der Waals surface area contributed by atoms with E-state index in [1.807, 2.05) is 17.0 Å². The van der Waals surface area contributed by atoms with Crippen LogP contribution in [0.5, 0.6) is 0 Å². The highest BCUT2D eigenvalue weighted by molar-refractivity contribution is 6.31. The van der Waals surface area contributed by atoms with Crippen molar-refractivity contribution in [2.45, 2.75) is 31.3 Å². The molecule has 1 aromatic carbocycles. The quantitative estimate of drug-likeness (QED) is 0.333. The van der Waals surface area contributed by atoms with Crippen molar-refractivity contribution in [1.29, 1.82) is 0 Å². The third-order valence-corrected chi connectivity index (χ3v) is 7.60. The Labute approximate surface area is 231 Å². The number of amides is 1. The number of nitrogens with zero attached hydrogens (tertiary/aromatic N) is 9. The fourth-order valence-corrected chi connectivity index (χ4v) is 5.69. The molecule has 12 nitrogen and oxygen atoms in total. The molecule has 0 radical (unpaired) electrons. The number of hydrogen-bond acceptors (Lipinski definition) is 8. The molecular weight excluding hydrogens is 537 g/mol. The number of imidazole rings is 1.